The minimum absolute atomic E-state index is 0.0359. The number of amides is 1. The number of imidazole rings is 1. The summed E-state index contributed by atoms with van der Waals surface area (Å²) in [7, 11) is -2.08. The lowest BCUT2D eigenvalue weighted by Crippen LogP contribution is -2.29. The molecule has 1 amide bonds. The van der Waals surface area contributed by atoms with Crippen LogP contribution in [0.3, 0.4) is 0 Å². The molecule has 1 aromatic heterocycles. The predicted molar refractivity (Wildman–Crippen MR) is 115 cm³/mol. The van der Waals surface area contributed by atoms with Gasteiger partial charge in [0.15, 0.2) is 0 Å². The average molecular weight is 449 g/mol. The van der Waals surface area contributed by atoms with Gasteiger partial charge in [-0.25, -0.2) is 13.2 Å². The normalized spacial score (nSPS) is 15.0. The van der Waals surface area contributed by atoms with Gasteiger partial charge in [0.25, 0.3) is 0 Å². The molecule has 0 saturated carbocycles. The van der Waals surface area contributed by atoms with Crippen molar-refractivity contribution >= 4 is 44.3 Å². The summed E-state index contributed by atoms with van der Waals surface area (Å²) in [5.74, 6) is -0.444. The predicted octanol–water partition coefficient (Wildman–Crippen LogP) is 2.42. The third-order valence-electron chi connectivity index (χ3n) is 5.25. The molecule has 3 aromatic rings. The smallest absolute Gasteiger partial charge is 0.324 e. The zero-order valence-electron chi connectivity index (χ0n) is 16.3. The van der Waals surface area contributed by atoms with E-state index in [9.17, 15) is 18.0 Å². The number of para-hydroxylation sites is 2. The minimum atomic E-state index is -3.73. The first kappa shape index (κ1) is 20.6. The number of hydrogen-bond acceptors (Lipinski definition) is 4. The summed E-state index contributed by atoms with van der Waals surface area (Å²) in [6.07, 6.45) is 1.63. The van der Waals surface area contributed by atoms with Gasteiger partial charge in [-0.1, -0.05) is 23.7 Å². The zero-order chi connectivity index (χ0) is 21.5. The SMILES string of the molecule is Cn1c(=O)n(CC(=O)Nc2ccc(Cl)c(S(=O)(=O)N3CCCC3)c2)c2ccccc21. The third kappa shape index (κ3) is 3.64. The van der Waals surface area contributed by atoms with Crippen LogP contribution in [0.15, 0.2) is 52.2 Å². The number of carbonyl (C=O) groups excluding carboxylic acids is 1. The van der Waals surface area contributed by atoms with Gasteiger partial charge in [0, 0.05) is 25.8 Å². The standard InChI is InChI=1S/C20H21ClN4O4S/c1-23-16-6-2-3-7-17(16)25(20(23)27)13-19(26)22-14-8-9-15(21)18(12-14)30(28,29)24-10-4-5-11-24/h2-3,6-9,12H,4-5,10-11,13H2,1H3,(H,22,26). The Kier molecular flexibility index (Phi) is 5.44. The molecular formula is C20H21ClN4O4S. The maximum atomic E-state index is 12.9. The number of carbonyl (C=O) groups is 1. The number of nitrogens with zero attached hydrogens (tertiary/aromatic N) is 3. The zero-order valence-corrected chi connectivity index (χ0v) is 17.9. The van der Waals surface area contributed by atoms with Gasteiger partial charge in [-0.3, -0.25) is 13.9 Å². The first-order valence-corrected chi connectivity index (χ1v) is 11.3. The molecule has 2 heterocycles. The van der Waals surface area contributed by atoms with Crippen LogP contribution in [-0.4, -0.2) is 40.9 Å². The molecule has 0 unspecified atom stereocenters. The lowest BCUT2D eigenvalue weighted by atomic mass is 10.3. The first-order chi connectivity index (χ1) is 14.3. The summed E-state index contributed by atoms with van der Waals surface area (Å²) in [6.45, 7) is 0.718. The lowest BCUT2D eigenvalue weighted by molar-refractivity contribution is -0.116. The highest BCUT2D eigenvalue weighted by molar-refractivity contribution is 7.89. The van der Waals surface area contributed by atoms with Crippen LogP contribution in [0.5, 0.6) is 0 Å². The van der Waals surface area contributed by atoms with Crippen LogP contribution in [0.25, 0.3) is 11.0 Å². The van der Waals surface area contributed by atoms with Crippen LogP contribution >= 0.6 is 11.6 Å². The quantitative estimate of drug-likeness (QED) is 0.648. The van der Waals surface area contributed by atoms with Crippen LogP contribution < -0.4 is 11.0 Å². The van der Waals surface area contributed by atoms with E-state index in [1.807, 2.05) is 6.07 Å². The van der Waals surface area contributed by atoms with Gasteiger partial charge in [0.05, 0.1) is 16.1 Å². The van der Waals surface area contributed by atoms with E-state index in [2.05, 4.69) is 5.32 Å². The monoisotopic (exact) mass is 448 g/mol. The number of aryl methyl sites for hydroxylation is 1. The second-order valence-electron chi connectivity index (χ2n) is 7.22. The Bertz CT molecular complexity index is 1290. The van der Waals surface area contributed by atoms with Crippen molar-refractivity contribution in [3.05, 3.63) is 58.0 Å². The van der Waals surface area contributed by atoms with Crippen molar-refractivity contribution in [1.82, 2.24) is 13.4 Å². The summed E-state index contributed by atoms with van der Waals surface area (Å²) in [5.41, 5.74) is 1.37. The number of benzene rings is 2. The number of hydrogen-bond donors (Lipinski definition) is 1. The van der Waals surface area contributed by atoms with Crippen molar-refractivity contribution in [2.24, 2.45) is 7.05 Å². The molecule has 10 heteroatoms. The van der Waals surface area contributed by atoms with Crippen LogP contribution in [0.4, 0.5) is 5.69 Å². The number of fused-ring (bicyclic) bond motifs is 1. The fraction of sp³-hybridized carbons (Fsp3) is 0.300. The molecule has 0 atom stereocenters. The second kappa shape index (κ2) is 7.90. The molecule has 158 valence electrons. The number of sulfonamides is 1. The number of anilines is 1. The average Bonchev–Trinajstić information content (AvgIpc) is 3.34. The van der Waals surface area contributed by atoms with E-state index in [4.69, 9.17) is 11.6 Å². The minimum Gasteiger partial charge on any atom is -0.324 e. The molecule has 2 aromatic carbocycles. The second-order valence-corrected chi connectivity index (χ2v) is 9.53. The Morgan fingerprint density at radius 3 is 2.47 bits per heavy atom. The van der Waals surface area contributed by atoms with Crippen LogP contribution in [0.1, 0.15) is 12.8 Å². The van der Waals surface area contributed by atoms with Crippen molar-refractivity contribution in [3.63, 3.8) is 0 Å². The van der Waals surface area contributed by atoms with E-state index in [1.54, 1.807) is 25.2 Å². The number of rotatable bonds is 5. The van der Waals surface area contributed by atoms with Gasteiger partial charge in [-0.05, 0) is 43.2 Å². The highest BCUT2D eigenvalue weighted by atomic mass is 35.5. The fourth-order valence-electron chi connectivity index (χ4n) is 3.71. The van der Waals surface area contributed by atoms with Crippen molar-refractivity contribution in [3.8, 4) is 0 Å². The Labute approximate surface area is 178 Å². The summed E-state index contributed by atoms with van der Waals surface area (Å²) in [4.78, 5) is 25.1. The highest BCUT2D eigenvalue weighted by Gasteiger charge is 2.29. The van der Waals surface area contributed by atoms with E-state index >= 15 is 0 Å². The van der Waals surface area contributed by atoms with Crippen molar-refractivity contribution in [1.29, 1.82) is 0 Å². The Hall–Kier alpha value is -2.62. The van der Waals surface area contributed by atoms with E-state index in [1.165, 1.54) is 31.6 Å². The molecule has 1 saturated heterocycles. The number of nitrogens with one attached hydrogen (secondary N) is 1. The van der Waals surface area contributed by atoms with Crippen molar-refractivity contribution in [2.75, 3.05) is 18.4 Å². The van der Waals surface area contributed by atoms with E-state index in [0.717, 1.165) is 18.4 Å². The Morgan fingerprint density at radius 2 is 1.77 bits per heavy atom. The van der Waals surface area contributed by atoms with Crippen LogP contribution in [0, 0.1) is 0 Å². The Balaban J connectivity index is 1.59. The summed E-state index contributed by atoms with van der Waals surface area (Å²) in [6, 6.07) is 11.5. The van der Waals surface area contributed by atoms with Crippen molar-refractivity contribution in [2.45, 2.75) is 24.3 Å². The molecule has 8 nitrogen and oxygen atoms in total. The molecule has 0 bridgehead atoms. The molecule has 0 radical (unpaired) electrons. The van der Waals surface area contributed by atoms with E-state index in [-0.39, 0.29) is 22.2 Å². The topological polar surface area (TPSA) is 93.4 Å². The largest absolute Gasteiger partial charge is 0.329 e. The number of aromatic nitrogens is 2. The summed E-state index contributed by atoms with van der Waals surface area (Å²) >= 11 is 6.15. The molecule has 4 rings (SSSR count). The van der Waals surface area contributed by atoms with Gasteiger partial charge in [0.2, 0.25) is 15.9 Å². The van der Waals surface area contributed by atoms with Gasteiger partial charge < -0.3 is 5.32 Å². The summed E-state index contributed by atoms with van der Waals surface area (Å²) in [5, 5.41) is 2.77. The fourth-order valence-corrected chi connectivity index (χ4v) is 5.72. The Morgan fingerprint density at radius 1 is 1.10 bits per heavy atom. The molecule has 30 heavy (non-hydrogen) atoms. The number of halogens is 1. The van der Waals surface area contributed by atoms with Gasteiger partial charge in [-0.15, -0.1) is 0 Å². The van der Waals surface area contributed by atoms with Crippen LogP contribution in [-0.2, 0) is 28.4 Å². The van der Waals surface area contributed by atoms with Gasteiger partial charge >= 0.3 is 5.69 Å². The van der Waals surface area contributed by atoms with Crippen LogP contribution in [0.2, 0.25) is 5.02 Å². The molecule has 1 aliphatic heterocycles. The molecule has 1 aliphatic rings. The lowest BCUT2D eigenvalue weighted by Gasteiger charge is -2.17. The van der Waals surface area contributed by atoms with E-state index < -0.39 is 15.9 Å². The van der Waals surface area contributed by atoms with Gasteiger partial charge in [0.1, 0.15) is 11.4 Å². The first-order valence-electron chi connectivity index (χ1n) is 9.53. The summed E-state index contributed by atoms with van der Waals surface area (Å²) < 4.78 is 30.0. The molecule has 0 spiro atoms. The molecule has 0 aliphatic carbocycles. The highest BCUT2D eigenvalue weighted by Crippen LogP contribution is 2.29. The van der Waals surface area contributed by atoms with E-state index in [0.29, 0.717) is 24.3 Å². The maximum Gasteiger partial charge on any atom is 0.329 e. The van der Waals surface area contributed by atoms with Crippen molar-refractivity contribution < 1.29 is 13.2 Å². The maximum absolute atomic E-state index is 12.9. The molecule has 1 fully saturated rings. The third-order valence-corrected chi connectivity index (χ3v) is 7.63. The molecular weight excluding hydrogens is 428 g/mol. The molecule has 1 N–H and O–H groups in total. The van der Waals surface area contributed by atoms with Gasteiger partial charge in [-0.2, -0.15) is 4.31 Å².